The first-order valence-corrected chi connectivity index (χ1v) is 17.1. The SMILES string of the molecule is C.CCc1cc(Nc2c(C(=O)NOCC3CC3)ccc(F)c2F)c(C)cc1I.Cc1cc(I)c(C)cc1N.O=C(O)c1ccc(F)c(F)c1F. The number of carboxylic acids is 1. The van der Waals surface area contributed by atoms with Crippen LogP contribution in [0.1, 0.15) is 70.2 Å². The van der Waals surface area contributed by atoms with Crippen molar-refractivity contribution in [3.63, 3.8) is 0 Å². The van der Waals surface area contributed by atoms with Gasteiger partial charge >= 0.3 is 5.97 Å². The molecule has 1 aliphatic carbocycles. The van der Waals surface area contributed by atoms with Crippen molar-refractivity contribution < 1.29 is 41.5 Å². The van der Waals surface area contributed by atoms with Crippen molar-refractivity contribution in [2.24, 2.45) is 5.92 Å². The molecule has 5 rings (SSSR count). The van der Waals surface area contributed by atoms with Crippen LogP contribution in [-0.4, -0.2) is 23.6 Å². The van der Waals surface area contributed by atoms with Crippen LogP contribution in [0.25, 0.3) is 0 Å². The molecule has 4 aromatic rings. The van der Waals surface area contributed by atoms with Gasteiger partial charge in [0.05, 0.1) is 23.4 Å². The van der Waals surface area contributed by atoms with Crippen LogP contribution in [0.2, 0.25) is 0 Å². The van der Waals surface area contributed by atoms with Crippen molar-refractivity contribution in [1.82, 2.24) is 5.48 Å². The number of nitrogens with two attached hydrogens (primary N) is 1. The fourth-order valence-corrected chi connectivity index (χ4v) is 5.81. The number of nitrogens with one attached hydrogen (secondary N) is 2. The number of carbonyl (C=O) groups excluding carboxylic acids is 1. The molecule has 1 saturated carbocycles. The Morgan fingerprint density at radius 3 is 1.98 bits per heavy atom. The summed E-state index contributed by atoms with van der Waals surface area (Å²) in [5.41, 5.74) is 12.8. The van der Waals surface area contributed by atoms with E-state index in [-0.39, 0.29) is 18.7 Å². The van der Waals surface area contributed by atoms with Gasteiger partial charge in [-0.2, -0.15) is 0 Å². The van der Waals surface area contributed by atoms with Gasteiger partial charge < -0.3 is 16.2 Å². The maximum Gasteiger partial charge on any atom is 0.338 e. The van der Waals surface area contributed by atoms with E-state index in [2.05, 4.69) is 69.0 Å². The molecule has 0 unspecified atom stereocenters. The molecule has 0 bridgehead atoms. The molecule has 0 spiro atoms. The summed E-state index contributed by atoms with van der Waals surface area (Å²) in [5.74, 6) is -8.75. The van der Waals surface area contributed by atoms with Crippen molar-refractivity contribution >= 4 is 74.1 Å². The van der Waals surface area contributed by atoms with E-state index in [0.717, 1.165) is 51.3 Å². The number of carboxylic acid groups (broad SMARTS) is 1. The fourth-order valence-electron chi connectivity index (χ4n) is 4.18. The lowest BCUT2D eigenvalue weighted by atomic mass is 10.1. The summed E-state index contributed by atoms with van der Waals surface area (Å²) in [7, 11) is 0. The molecular weight excluding hydrogens is 887 g/mol. The monoisotopic (exact) mass is 925 g/mol. The third kappa shape index (κ3) is 11.5. The number of amides is 1. The van der Waals surface area contributed by atoms with E-state index in [9.17, 15) is 31.5 Å². The lowest BCUT2D eigenvalue weighted by Gasteiger charge is -2.16. The molecule has 5 N–H and O–H groups in total. The summed E-state index contributed by atoms with van der Waals surface area (Å²) < 4.78 is 67.8. The molecule has 1 fully saturated rings. The van der Waals surface area contributed by atoms with Crippen molar-refractivity contribution in [2.75, 3.05) is 17.7 Å². The van der Waals surface area contributed by atoms with Crippen LogP contribution < -0.4 is 16.5 Å². The Morgan fingerprint density at radius 2 is 1.42 bits per heavy atom. The van der Waals surface area contributed by atoms with E-state index in [4.69, 9.17) is 15.7 Å². The van der Waals surface area contributed by atoms with Crippen LogP contribution in [0.4, 0.5) is 39.0 Å². The fraction of sp³-hybridized carbons (Fsp3) is 0.278. The molecule has 0 heterocycles. The van der Waals surface area contributed by atoms with Crippen molar-refractivity contribution in [2.45, 2.75) is 54.4 Å². The number of hydroxylamine groups is 1. The molecular formula is C36H38F5I2N3O4. The van der Waals surface area contributed by atoms with E-state index in [1.165, 1.54) is 15.2 Å². The number of aromatic carboxylic acids is 1. The van der Waals surface area contributed by atoms with E-state index in [1.807, 2.05) is 39.0 Å². The third-order valence-electron chi connectivity index (χ3n) is 7.37. The quantitative estimate of drug-likeness (QED) is 0.0460. The standard InChI is InChI=1S/C20H21F2IN2O2.C8H10IN.C7H3F3O2.CH4/c1-3-13-9-17(11(2)8-16(13)23)24-19-14(6-7-15(21)18(19)22)20(26)25-27-10-12-4-5-12;1-5-4-8(10)6(2)3-7(5)9;8-4-2-1-3(7(11)12)5(9)6(4)10;/h6-9,12,24H,3-5,10H2,1-2H3,(H,25,26);3-4H,10H2,1-2H3;1-2H,(H,11,12);1H4. The molecule has 50 heavy (non-hydrogen) atoms. The average molecular weight is 926 g/mol. The van der Waals surface area contributed by atoms with Gasteiger partial charge in [-0.25, -0.2) is 32.2 Å². The number of aryl methyl sites for hydroxylation is 4. The molecule has 14 heteroatoms. The number of rotatable bonds is 8. The highest BCUT2D eigenvalue weighted by Crippen LogP contribution is 2.31. The zero-order valence-corrected chi connectivity index (χ0v) is 31.2. The number of anilines is 3. The van der Waals surface area contributed by atoms with Crippen molar-refractivity contribution in [3.05, 3.63) is 118 Å². The highest BCUT2D eigenvalue weighted by molar-refractivity contribution is 14.1. The van der Waals surface area contributed by atoms with Gasteiger partial charge in [0.15, 0.2) is 29.1 Å². The Hall–Kier alpha value is -3.51. The molecule has 270 valence electrons. The largest absolute Gasteiger partial charge is 0.478 e. The number of hydrogen-bond acceptors (Lipinski definition) is 5. The second kappa shape index (κ2) is 19.2. The van der Waals surface area contributed by atoms with Crippen molar-refractivity contribution in [1.29, 1.82) is 0 Å². The number of carbonyl (C=O) groups is 2. The second-order valence-corrected chi connectivity index (χ2v) is 13.5. The normalized spacial score (nSPS) is 11.7. The second-order valence-electron chi connectivity index (χ2n) is 11.2. The number of halogens is 7. The van der Waals surface area contributed by atoms with Gasteiger partial charge in [-0.15, -0.1) is 0 Å². The highest BCUT2D eigenvalue weighted by atomic mass is 127. The van der Waals surface area contributed by atoms with Crippen LogP contribution in [0.5, 0.6) is 0 Å². The van der Waals surface area contributed by atoms with Crippen LogP contribution >= 0.6 is 45.2 Å². The van der Waals surface area contributed by atoms with Crippen LogP contribution in [-0.2, 0) is 11.3 Å². The Kier molecular flexibility index (Phi) is 16.4. The van der Waals surface area contributed by atoms with Gasteiger partial charge in [0.1, 0.15) is 0 Å². The van der Waals surface area contributed by atoms with E-state index >= 15 is 0 Å². The predicted molar refractivity (Wildman–Crippen MR) is 202 cm³/mol. The van der Waals surface area contributed by atoms with Crippen LogP contribution in [0.3, 0.4) is 0 Å². The average Bonchev–Trinajstić information content (AvgIpc) is 3.87. The first kappa shape index (κ1) is 42.7. The molecule has 0 atom stereocenters. The maximum absolute atomic E-state index is 14.5. The smallest absolute Gasteiger partial charge is 0.338 e. The van der Waals surface area contributed by atoms with Gasteiger partial charge in [0, 0.05) is 18.5 Å². The molecule has 0 aliphatic heterocycles. The van der Waals surface area contributed by atoms with E-state index in [0.29, 0.717) is 30.3 Å². The summed E-state index contributed by atoms with van der Waals surface area (Å²) in [6.07, 6.45) is 2.97. The molecule has 4 aromatic carbocycles. The van der Waals surface area contributed by atoms with Gasteiger partial charge in [-0.1, -0.05) is 14.4 Å². The minimum atomic E-state index is -1.77. The number of benzene rings is 4. The first-order chi connectivity index (χ1) is 23.0. The molecule has 0 radical (unpaired) electrons. The zero-order valence-electron chi connectivity index (χ0n) is 26.9. The van der Waals surface area contributed by atoms with Crippen LogP contribution in [0, 0.1) is 62.9 Å². The highest BCUT2D eigenvalue weighted by Gasteiger charge is 2.24. The summed E-state index contributed by atoms with van der Waals surface area (Å²) >= 11 is 4.56. The van der Waals surface area contributed by atoms with Gasteiger partial charge in [0.25, 0.3) is 5.91 Å². The number of nitrogen functional groups attached to an aromatic ring is 1. The lowest BCUT2D eigenvalue weighted by molar-refractivity contribution is 0.0270. The van der Waals surface area contributed by atoms with Gasteiger partial charge in [-0.3, -0.25) is 9.63 Å². The minimum Gasteiger partial charge on any atom is -0.478 e. The van der Waals surface area contributed by atoms with Gasteiger partial charge in [0.2, 0.25) is 0 Å². The predicted octanol–water partition coefficient (Wildman–Crippen LogP) is 10.2. The number of hydrogen-bond donors (Lipinski definition) is 4. The molecule has 7 nitrogen and oxygen atoms in total. The Balaban J connectivity index is 0.000000311. The molecule has 0 saturated heterocycles. The Morgan fingerprint density at radius 1 is 0.840 bits per heavy atom. The summed E-state index contributed by atoms with van der Waals surface area (Å²) in [5, 5.41) is 11.2. The summed E-state index contributed by atoms with van der Waals surface area (Å²) in [6, 6.07) is 11.4. The zero-order chi connectivity index (χ0) is 36.6. The summed E-state index contributed by atoms with van der Waals surface area (Å²) in [4.78, 5) is 27.8. The molecule has 0 aromatic heterocycles. The Bertz CT molecular complexity index is 1810. The van der Waals surface area contributed by atoms with Crippen molar-refractivity contribution in [3.8, 4) is 0 Å². The van der Waals surface area contributed by atoms with Crippen LogP contribution in [0.15, 0.2) is 48.5 Å². The third-order valence-corrected chi connectivity index (χ3v) is 9.53. The minimum absolute atomic E-state index is 0. The van der Waals surface area contributed by atoms with E-state index in [1.54, 1.807) is 0 Å². The lowest BCUT2D eigenvalue weighted by Crippen LogP contribution is -2.26. The Labute approximate surface area is 315 Å². The summed E-state index contributed by atoms with van der Waals surface area (Å²) in [6.45, 7) is 8.41. The van der Waals surface area contributed by atoms with E-state index < -0.39 is 46.5 Å². The van der Waals surface area contributed by atoms with Gasteiger partial charge in [-0.05, 0) is 162 Å². The first-order valence-electron chi connectivity index (χ1n) is 14.9. The molecule has 1 aliphatic rings. The topological polar surface area (TPSA) is 114 Å². The maximum atomic E-state index is 14.5. The molecule has 1 amide bonds.